The number of anilines is 1. The molecule has 0 fully saturated rings. The summed E-state index contributed by atoms with van der Waals surface area (Å²) in [6, 6.07) is 11.3. The first-order chi connectivity index (χ1) is 9.31. The molecule has 2 heterocycles. The minimum atomic E-state index is -0.105. The summed E-state index contributed by atoms with van der Waals surface area (Å²) in [7, 11) is 1.70. The first-order valence-electron chi connectivity index (χ1n) is 6.28. The van der Waals surface area contributed by atoms with E-state index >= 15 is 0 Å². The van der Waals surface area contributed by atoms with Crippen LogP contribution in [-0.2, 0) is 4.74 Å². The number of methoxy groups -OCH3 is 1. The normalized spacial score (nSPS) is 18.2. The maximum absolute atomic E-state index is 12.4. The van der Waals surface area contributed by atoms with Crippen molar-refractivity contribution in [1.29, 1.82) is 0 Å². The molecule has 0 saturated heterocycles. The zero-order chi connectivity index (χ0) is 13.2. The van der Waals surface area contributed by atoms with Crippen molar-refractivity contribution in [3.05, 3.63) is 54.0 Å². The molecule has 0 N–H and O–H groups in total. The highest BCUT2D eigenvalue weighted by atomic mass is 16.5. The van der Waals surface area contributed by atoms with Crippen molar-refractivity contribution in [2.45, 2.75) is 12.5 Å². The summed E-state index contributed by atoms with van der Waals surface area (Å²) < 4.78 is 10.7. The second-order valence-corrected chi connectivity index (χ2v) is 4.51. The number of carbonyl (C=O) groups is 1. The van der Waals surface area contributed by atoms with Gasteiger partial charge >= 0.3 is 0 Å². The van der Waals surface area contributed by atoms with Gasteiger partial charge in [0, 0.05) is 24.9 Å². The van der Waals surface area contributed by atoms with Crippen LogP contribution in [0.5, 0.6) is 0 Å². The molecule has 1 aliphatic heterocycles. The highest BCUT2D eigenvalue weighted by Gasteiger charge is 2.29. The fourth-order valence-corrected chi connectivity index (χ4v) is 2.52. The molecular weight excluding hydrogens is 242 g/mol. The summed E-state index contributed by atoms with van der Waals surface area (Å²) in [4.78, 5) is 14.2. The molecule has 19 heavy (non-hydrogen) atoms. The average Bonchev–Trinajstić information content (AvgIpc) is 2.99. The Morgan fingerprint density at radius 3 is 2.89 bits per heavy atom. The molecule has 1 atom stereocenters. The maximum Gasteiger partial charge on any atom is 0.293 e. The zero-order valence-corrected chi connectivity index (χ0v) is 10.7. The van der Waals surface area contributed by atoms with Crippen molar-refractivity contribution in [1.82, 2.24) is 0 Å². The quantitative estimate of drug-likeness (QED) is 0.830. The van der Waals surface area contributed by atoms with Crippen LogP contribution in [0.4, 0.5) is 5.69 Å². The number of rotatable bonds is 2. The topological polar surface area (TPSA) is 42.7 Å². The summed E-state index contributed by atoms with van der Waals surface area (Å²) in [5.41, 5.74) is 1.96. The highest BCUT2D eigenvalue weighted by molar-refractivity contribution is 6.04. The van der Waals surface area contributed by atoms with E-state index in [1.807, 2.05) is 24.3 Å². The van der Waals surface area contributed by atoms with Crippen molar-refractivity contribution in [2.24, 2.45) is 0 Å². The SMILES string of the molecule is COC1CCN(C(=O)c2ccco2)c2ccccc21. The van der Waals surface area contributed by atoms with E-state index in [2.05, 4.69) is 0 Å². The molecule has 0 radical (unpaired) electrons. The van der Waals surface area contributed by atoms with E-state index in [0.29, 0.717) is 12.3 Å². The second-order valence-electron chi connectivity index (χ2n) is 4.51. The molecule has 0 bridgehead atoms. The van der Waals surface area contributed by atoms with E-state index in [1.165, 1.54) is 6.26 Å². The molecule has 1 aliphatic rings. The van der Waals surface area contributed by atoms with E-state index in [9.17, 15) is 4.79 Å². The number of fused-ring (bicyclic) bond motifs is 1. The third-order valence-corrected chi connectivity index (χ3v) is 3.45. The van der Waals surface area contributed by atoms with Crippen LogP contribution in [0, 0.1) is 0 Å². The number of benzene rings is 1. The van der Waals surface area contributed by atoms with Gasteiger partial charge in [0.25, 0.3) is 5.91 Å². The summed E-state index contributed by atoms with van der Waals surface area (Å²) >= 11 is 0. The predicted molar refractivity (Wildman–Crippen MR) is 71.2 cm³/mol. The first kappa shape index (κ1) is 12.0. The van der Waals surface area contributed by atoms with Gasteiger partial charge in [-0.25, -0.2) is 0 Å². The molecule has 98 valence electrons. The van der Waals surface area contributed by atoms with Crippen LogP contribution in [-0.4, -0.2) is 19.6 Å². The van der Waals surface area contributed by atoms with Crippen molar-refractivity contribution in [3.8, 4) is 0 Å². The lowest BCUT2D eigenvalue weighted by Crippen LogP contribution is -2.36. The van der Waals surface area contributed by atoms with Crippen LogP contribution in [0.25, 0.3) is 0 Å². The van der Waals surface area contributed by atoms with Crippen molar-refractivity contribution in [2.75, 3.05) is 18.6 Å². The minimum Gasteiger partial charge on any atom is -0.459 e. The first-order valence-corrected chi connectivity index (χ1v) is 6.28. The minimum absolute atomic E-state index is 0.0526. The van der Waals surface area contributed by atoms with E-state index in [1.54, 1.807) is 24.1 Å². The van der Waals surface area contributed by atoms with Gasteiger partial charge in [-0.2, -0.15) is 0 Å². The Morgan fingerprint density at radius 2 is 2.16 bits per heavy atom. The van der Waals surface area contributed by atoms with Gasteiger partial charge in [0.15, 0.2) is 5.76 Å². The van der Waals surface area contributed by atoms with Gasteiger partial charge in [0.1, 0.15) is 0 Å². The number of hydrogen-bond donors (Lipinski definition) is 0. The van der Waals surface area contributed by atoms with Crippen molar-refractivity contribution < 1.29 is 13.9 Å². The molecular formula is C15H15NO3. The van der Waals surface area contributed by atoms with Crippen molar-refractivity contribution in [3.63, 3.8) is 0 Å². The van der Waals surface area contributed by atoms with Crippen LogP contribution in [0.2, 0.25) is 0 Å². The maximum atomic E-state index is 12.4. The largest absolute Gasteiger partial charge is 0.459 e. The molecule has 1 amide bonds. The summed E-state index contributed by atoms with van der Waals surface area (Å²) in [6.45, 7) is 0.634. The van der Waals surface area contributed by atoms with Crippen LogP contribution in [0.1, 0.15) is 28.6 Å². The lowest BCUT2D eigenvalue weighted by atomic mass is 9.98. The van der Waals surface area contributed by atoms with E-state index in [-0.39, 0.29) is 12.0 Å². The Hall–Kier alpha value is -2.07. The standard InChI is InChI=1S/C15H15NO3/c1-18-13-8-9-16(12-6-3-2-5-11(12)13)15(17)14-7-4-10-19-14/h2-7,10,13H,8-9H2,1H3. The molecule has 0 aliphatic carbocycles. The number of furan rings is 1. The highest BCUT2D eigenvalue weighted by Crippen LogP contribution is 2.36. The van der Waals surface area contributed by atoms with Gasteiger partial charge in [0.05, 0.1) is 12.4 Å². The number of hydrogen-bond acceptors (Lipinski definition) is 3. The van der Waals surface area contributed by atoms with Crippen molar-refractivity contribution >= 4 is 11.6 Å². The lowest BCUT2D eigenvalue weighted by molar-refractivity contribution is 0.0854. The number of para-hydroxylation sites is 1. The third-order valence-electron chi connectivity index (χ3n) is 3.45. The van der Waals surface area contributed by atoms with Gasteiger partial charge in [-0.1, -0.05) is 18.2 Å². The number of amides is 1. The average molecular weight is 257 g/mol. The van der Waals surface area contributed by atoms with Gasteiger partial charge in [-0.05, 0) is 24.6 Å². The molecule has 3 rings (SSSR count). The van der Waals surface area contributed by atoms with Gasteiger partial charge in [0.2, 0.25) is 0 Å². The molecule has 4 heteroatoms. The van der Waals surface area contributed by atoms with Crippen LogP contribution in [0.15, 0.2) is 47.1 Å². The Balaban J connectivity index is 1.98. The van der Waals surface area contributed by atoms with E-state index in [0.717, 1.165) is 17.7 Å². The summed E-state index contributed by atoms with van der Waals surface area (Å²) in [5, 5.41) is 0. The summed E-state index contributed by atoms with van der Waals surface area (Å²) in [6.07, 6.45) is 2.36. The molecule has 1 aromatic carbocycles. The van der Waals surface area contributed by atoms with Gasteiger partial charge in [-0.15, -0.1) is 0 Å². The molecule has 0 spiro atoms. The third kappa shape index (κ3) is 2.04. The van der Waals surface area contributed by atoms with Crippen LogP contribution < -0.4 is 4.90 Å². The van der Waals surface area contributed by atoms with E-state index < -0.39 is 0 Å². The molecule has 4 nitrogen and oxygen atoms in total. The summed E-state index contributed by atoms with van der Waals surface area (Å²) in [5.74, 6) is 0.262. The van der Waals surface area contributed by atoms with Crippen LogP contribution >= 0.6 is 0 Å². The monoisotopic (exact) mass is 257 g/mol. The number of ether oxygens (including phenoxy) is 1. The fourth-order valence-electron chi connectivity index (χ4n) is 2.52. The second kappa shape index (κ2) is 4.90. The Kier molecular flexibility index (Phi) is 3.09. The van der Waals surface area contributed by atoms with Gasteiger partial charge in [-0.3, -0.25) is 4.79 Å². The van der Waals surface area contributed by atoms with Crippen LogP contribution in [0.3, 0.4) is 0 Å². The fraction of sp³-hybridized carbons (Fsp3) is 0.267. The Labute approximate surface area is 111 Å². The molecule has 1 aromatic heterocycles. The predicted octanol–water partition coefficient (Wildman–Crippen LogP) is 3.02. The van der Waals surface area contributed by atoms with Gasteiger partial charge < -0.3 is 14.1 Å². The Morgan fingerprint density at radius 1 is 1.32 bits per heavy atom. The van der Waals surface area contributed by atoms with E-state index in [4.69, 9.17) is 9.15 Å². The molecule has 2 aromatic rings. The lowest BCUT2D eigenvalue weighted by Gasteiger charge is -2.33. The number of nitrogens with zero attached hydrogens (tertiary/aromatic N) is 1. The zero-order valence-electron chi connectivity index (χ0n) is 10.7. The Bertz CT molecular complexity index is 577. The number of carbonyl (C=O) groups excluding carboxylic acids is 1. The molecule has 1 unspecified atom stereocenters. The molecule has 0 saturated carbocycles. The smallest absolute Gasteiger partial charge is 0.293 e.